The third-order valence-corrected chi connectivity index (χ3v) is 3.65. The Morgan fingerprint density at radius 2 is 2.47 bits per heavy atom. The van der Waals surface area contributed by atoms with Gasteiger partial charge in [-0.25, -0.2) is 4.98 Å². The second kappa shape index (κ2) is 5.71. The third-order valence-electron chi connectivity index (χ3n) is 3.65. The topological polar surface area (TPSA) is 95.2 Å². The number of aryl methyl sites for hydroxylation is 1. The van der Waals surface area contributed by atoms with Gasteiger partial charge in [0.05, 0.1) is 0 Å². The fraction of sp³-hybridized carbons (Fsp3) is 0.692. The first-order valence-electron chi connectivity index (χ1n) is 6.81. The van der Waals surface area contributed by atoms with Gasteiger partial charge in [0.15, 0.2) is 0 Å². The van der Waals surface area contributed by atoms with E-state index in [4.69, 9.17) is 10.8 Å². The van der Waals surface area contributed by atoms with Crippen LogP contribution >= 0.6 is 0 Å². The number of carbonyl (C=O) groups is 1. The van der Waals surface area contributed by atoms with E-state index in [1.54, 1.807) is 0 Å². The molecule has 1 aromatic rings. The molecule has 6 heteroatoms. The summed E-state index contributed by atoms with van der Waals surface area (Å²) in [7, 11) is 0. The van der Waals surface area contributed by atoms with E-state index in [1.165, 1.54) is 0 Å². The zero-order valence-corrected chi connectivity index (χ0v) is 11.4. The van der Waals surface area contributed by atoms with Crippen molar-refractivity contribution >= 4 is 5.97 Å². The molecule has 1 aliphatic heterocycles. The molecule has 0 amide bonds. The maximum absolute atomic E-state index is 11.1. The number of nitrogens with zero attached hydrogens (tertiary/aromatic N) is 2. The lowest BCUT2D eigenvalue weighted by atomic mass is 10.0. The molecule has 19 heavy (non-hydrogen) atoms. The average molecular weight is 266 g/mol. The molecule has 106 valence electrons. The molecule has 0 bridgehead atoms. The Hall–Kier alpha value is -1.40. The van der Waals surface area contributed by atoms with Crippen LogP contribution in [0.3, 0.4) is 0 Å². The highest BCUT2D eigenvalue weighted by molar-refractivity contribution is 5.79. The Labute approximate surface area is 113 Å². The summed E-state index contributed by atoms with van der Waals surface area (Å²) in [6.45, 7) is 3.95. The number of unbranched alkanes of at least 4 members (excludes halogenated alkanes) is 1. The molecule has 2 heterocycles. The van der Waals surface area contributed by atoms with Crippen molar-refractivity contribution in [3.8, 4) is 0 Å². The number of carboxylic acids is 1. The Morgan fingerprint density at radius 1 is 1.68 bits per heavy atom. The van der Waals surface area contributed by atoms with Crippen molar-refractivity contribution in [2.45, 2.75) is 44.7 Å². The van der Waals surface area contributed by atoms with Gasteiger partial charge in [-0.1, -0.05) is 13.3 Å². The molecule has 6 nitrogen and oxygen atoms in total. The van der Waals surface area contributed by atoms with Crippen LogP contribution in [0.15, 0.2) is 6.20 Å². The van der Waals surface area contributed by atoms with Gasteiger partial charge >= 0.3 is 5.97 Å². The lowest BCUT2D eigenvalue weighted by molar-refractivity contribution is -0.142. The molecule has 1 atom stereocenters. The van der Waals surface area contributed by atoms with Crippen LogP contribution in [0.4, 0.5) is 0 Å². The summed E-state index contributed by atoms with van der Waals surface area (Å²) in [6.07, 6.45) is 5.58. The first-order chi connectivity index (χ1) is 9.03. The second-order valence-electron chi connectivity index (χ2n) is 5.38. The van der Waals surface area contributed by atoms with Gasteiger partial charge in [-0.3, -0.25) is 9.69 Å². The number of likely N-dealkylation sites (tertiary alicyclic amines) is 1. The number of nitrogens with two attached hydrogens (primary N) is 1. The number of nitrogens with one attached hydrogen (secondary N) is 1. The van der Waals surface area contributed by atoms with E-state index < -0.39 is 11.5 Å². The molecule has 0 saturated carbocycles. The molecule has 0 radical (unpaired) electrons. The van der Waals surface area contributed by atoms with Crippen molar-refractivity contribution in [2.75, 3.05) is 13.1 Å². The van der Waals surface area contributed by atoms with Crippen molar-refractivity contribution in [3.63, 3.8) is 0 Å². The quantitative estimate of drug-likeness (QED) is 0.706. The second-order valence-corrected chi connectivity index (χ2v) is 5.38. The van der Waals surface area contributed by atoms with Crippen LogP contribution < -0.4 is 5.73 Å². The fourth-order valence-corrected chi connectivity index (χ4v) is 2.42. The molecule has 1 aromatic heterocycles. The Balaban J connectivity index is 1.89. The van der Waals surface area contributed by atoms with Crippen molar-refractivity contribution in [1.82, 2.24) is 14.9 Å². The molecule has 1 unspecified atom stereocenters. The van der Waals surface area contributed by atoms with Crippen LogP contribution in [0, 0.1) is 0 Å². The molecule has 1 saturated heterocycles. The van der Waals surface area contributed by atoms with Gasteiger partial charge in [-0.15, -0.1) is 0 Å². The van der Waals surface area contributed by atoms with Crippen molar-refractivity contribution in [1.29, 1.82) is 0 Å². The van der Waals surface area contributed by atoms with Crippen LogP contribution in [0.25, 0.3) is 0 Å². The maximum atomic E-state index is 11.1. The minimum absolute atomic E-state index is 0.394. The number of aliphatic carboxylic acids is 1. The van der Waals surface area contributed by atoms with Gasteiger partial charge < -0.3 is 15.8 Å². The fourth-order valence-electron chi connectivity index (χ4n) is 2.42. The monoisotopic (exact) mass is 266 g/mol. The summed E-state index contributed by atoms with van der Waals surface area (Å²) in [5.41, 5.74) is 5.79. The van der Waals surface area contributed by atoms with Crippen LogP contribution in [-0.2, 0) is 17.8 Å². The predicted molar refractivity (Wildman–Crippen MR) is 71.6 cm³/mol. The number of carboxylic acid groups (broad SMARTS) is 1. The number of hydrogen-bond acceptors (Lipinski definition) is 4. The number of hydrogen-bond donors (Lipinski definition) is 3. The van der Waals surface area contributed by atoms with E-state index in [0.717, 1.165) is 30.8 Å². The first-order valence-corrected chi connectivity index (χ1v) is 6.81. The zero-order chi connectivity index (χ0) is 13.9. The van der Waals surface area contributed by atoms with Gasteiger partial charge in [-0.05, 0) is 12.8 Å². The average Bonchev–Trinajstić information content (AvgIpc) is 2.95. The highest BCUT2D eigenvalue weighted by Gasteiger charge is 2.41. The van der Waals surface area contributed by atoms with E-state index >= 15 is 0 Å². The van der Waals surface area contributed by atoms with Gasteiger partial charge in [0.1, 0.15) is 11.4 Å². The van der Waals surface area contributed by atoms with Gasteiger partial charge in [0.2, 0.25) is 0 Å². The van der Waals surface area contributed by atoms with Crippen LogP contribution in [0.1, 0.15) is 37.7 Å². The van der Waals surface area contributed by atoms with E-state index in [1.807, 2.05) is 6.20 Å². The molecule has 0 spiro atoms. The van der Waals surface area contributed by atoms with Crippen molar-refractivity contribution < 1.29 is 9.90 Å². The minimum atomic E-state index is -1.09. The van der Waals surface area contributed by atoms with E-state index in [2.05, 4.69) is 21.8 Å². The lowest BCUT2D eigenvalue weighted by Gasteiger charge is -2.19. The standard InChI is InChI=1S/C13H22N4O2/c1-2-3-4-11-15-7-10(16-11)8-17-6-5-13(14,9-17)12(18)19/h7H,2-6,8-9,14H2,1H3,(H,15,16)(H,18,19). The lowest BCUT2D eigenvalue weighted by Crippen LogP contribution is -2.50. The molecule has 2 rings (SSSR count). The number of aromatic nitrogens is 2. The van der Waals surface area contributed by atoms with E-state index in [9.17, 15) is 4.79 Å². The highest BCUT2D eigenvalue weighted by atomic mass is 16.4. The summed E-state index contributed by atoms with van der Waals surface area (Å²) in [4.78, 5) is 20.8. The summed E-state index contributed by atoms with van der Waals surface area (Å²) in [5, 5.41) is 9.09. The molecular weight excluding hydrogens is 244 g/mol. The maximum Gasteiger partial charge on any atom is 0.325 e. The summed E-state index contributed by atoms with van der Waals surface area (Å²) >= 11 is 0. The Kier molecular flexibility index (Phi) is 4.21. The first kappa shape index (κ1) is 14.0. The Bertz CT molecular complexity index is 446. The SMILES string of the molecule is CCCCc1ncc(CN2CCC(N)(C(=O)O)C2)[nH]1. The molecule has 0 aliphatic carbocycles. The molecule has 1 aliphatic rings. The van der Waals surface area contributed by atoms with Crippen LogP contribution in [0.2, 0.25) is 0 Å². The molecule has 0 aromatic carbocycles. The largest absolute Gasteiger partial charge is 0.480 e. The number of H-pyrrole nitrogens is 1. The van der Waals surface area contributed by atoms with Crippen LogP contribution in [0.5, 0.6) is 0 Å². The normalized spacial score (nSPS) is 23.9. The highest BCUT2D eigenvalue weighted by Crippen LogP contribution is 2.20. The number of rotatable bonds is 6. The van der Waals surface area contributed by atoms with Crippen LogP contribution in [-0.4, -0.2) is 44.6 Å². The van der Waals surface area contributed by atoms with E-state index in [0.29, 0.717) is 26.1 Å². The summed E-state index contributed by atoms with van der Waals surface area (Å²) in [6, 6.07) is 0. The van der Waals surface area contributed by atoms with Crippen molar-refractivity contribution in [2.24, 2.45) is 5.73 Å². The number of imidazole rings is 1. The predicted octanol–water partition coefficient (Wildman–Crippen LogP) is 0.740. The van der Waals surface area contributed by atoms with Gasteiger partial charge in [0, 0.05) is 37.9 Å². The van der Waals surface area contributed by atoms with Gasteiger partial charge in [-0.2, -0.15) is 0 Å². The minimum Gasteiger partial charge on any atom is -0.480 e. The molecule has 4 N–H and O–H groups in total. The summed E-state index contributed by atoms with van der Waals surface area (Å²) in [5.74, 6) is 0.0940. The summed E-state index contributed by atoms with van der Waals surface area (Å²) < 4.78 is 0. The third kappa shape index (κ3) is 3.33. The molecule has 1 fully saturated rings. The Morgan fingerprint density at radius 3 is 3.11 bits per heavy atom. The molecular formula is C13H22N4O2. The smallest absolute Gasteiger partial charge is 0.325 e. The van der Waals surface area contributed by atoms with E-state index in [-0.39, 0.29) is 0 Å². The number of aromatic amines is 1. The van der Waals surface area contributed by atoms with Gasteiger partial charge in [0.25, 0.3) is 0 Å². The van der Waals surface area contributed by atoms with Crippen molar-refractivity contribution in [3.05, 3.63) is 17.7 Å². The zero-order valence-electron chi connectivity index (χ0n) is 11.4.